The van der Waals surface area contributed by atoms with Crippen molar-refractivity contribution in [2.24, 2.45) is 5.92 Å². The molecule has 3 aromatic rings. The minimum absolute atomic E-state index is 0.204. The van der Waals surface area contributed by atoms with Crippen molar-refractivity contribution >= 4 is 11.9 Å². The first-order chi connectivity index (χ1) is 18.3. The highest BCUT2D eigenvalue weighted by Gasteiger charge is 2.31. The van der Waals surface area contributed by atoms with Crippen molar-refractivity contribution in [3.05, 3.63) is 96.7 Å². The number of nitrogens with one attached hydrogen (secondary N) is 1. The molecule has 0 aliphatic carbocycles. The molecule has 3 rings (SSSR count). The van der Waals surface area contributed by atoms with Gasteiger partial charge in [0.1, 0.15) is 24.9 Å². The fourth-order valence-electron chi connectivity index (χ4n) is 3.82. The second-order valence-corrected chi connectivity index (χ2v) is 8.69. The Morgan fingerprint density at radius 1 is 1.21 bits per heavy atom. The monoisotopic (exact) mass is 520 g/mol. The van der Waals surface area contributed by atoms with Crippen molar-refractivity contribution in [3.63, 3.8) is 0 Å². The molecule has 9 heteroatoms. The Hall–Kier alpha value is -4.37. The Kier molecular flexibility index (Phi) is 9.84. The van der Waals surface area contributed by atoms with Crippen LogP contribution in [0.3, 0.4) is 0 Å². The van der Waals surface area contributed by atoms with Crippen LogP contribution in [0.5, 0.6) is 11.6 Å². The number of rotatable bonds is 14. The minimum atomic E-state index is -1.34. The maximum atomic E-state index is 13.1. The molecule has 0 aliphatic rings. The Balaban J connectivity index is 1.86. The van der Waals surface area contributed by atoms with E-state index in [0.29, 0.717) is 23.6 Å². The zero-order valence-corrected chi connectivity index (χ0v) is 21.6. The number of methoxy groups -OCH3 is 1. The Morgan fingerprint density at radius 3 is 2.47 bits per heavy atom. The SMILES string of the molecule is C=C[C@H](C(=O)N[C@@H](CC(O)=[OH+])C(=C)CC)[C@H](O)c1cc(OCc2ccc(OC)cc2)n(-c2ccccc2)n1. The standard InChI is InChI=1S/C29H33N3O6/c1-5-19(3)24(17-27(33)34)30-29(36)23(6-2)28(35)25-16-26(32(31-25)21-10-8-7-9-11-21)38-18-20-12-14-22(37-4)15-13-20/h6-16,23-24,28,35H,2-3,5,17-18H2,1,4H3,(H,30,36)(H,33,34)/p+1/t23-,24-,28-/m0/s1. The molecule has 1 aromatic heterocycles. The molecule has 38 heavy (non-hydrogen) atoms. The number of benzene rings is 2. The highest BCUT2D eigenvalue weighted by atomic mass is 16.5. The van der Waals surface area contributed by atoms with E-state index in [4.69, 9.17) is 9.47 Å². The van der Waals surface area contributed by atoms with Crippen LogP contribution in [0.25, 0.3) is 5.69 Å². The van der Waals surface area contributed by atoms with Gasteiger partial charge in [-0.2, -0.15) is 5.10 Å². The van der Waals surface area contributed by atoms with E-state index >= 15 is 0 Å². The molecular weight excluding hydrogens is 486 g/mol. The van der Waals surface area contributed by atoms with Crippen LogP contribution in [0, 0.1) is 5.92 Å². The number of carboxylic acid groups (broad SMARTS) is 1. The van der Waals surface area contributed by atoms with Gasteiger partial charge in [0.15, 0.2) is 0 Å². The summed E-state index contributed by atoms with van der Waals surface area (Å²) in [4.78, 5) is 22.4. The maximum Gasteiger partial charge on any atom is 0.482 e. The van der Waals surface area contributed by atoms with E-state index in [1.54, 1.807) is 17.9 Å². The van der Waals surface area contributed by atoms with Gasteiger partial charge in [0.2, 0.25) is 11.8 Å². The largest absolute Gasteiger partial charge is 0.497 e. The summed E-state index contributed by atoms with van der Waals surface area (Å²) in [6.45, 7) is 9.70. The number of hydrogen-bond acceptors (Lipinski definition) is 5. The summed E-state index contributed by atoms with van der Waals surface area (Å²) in [6.07, 6.45) is 0.302. The van der Waals surface area contributed by atoms with Crippen molar-refractivity contribution in [2.45, 2.75) is 38.5 Å². The van der Waals surface area contributed by atoms with Crippen LogP contribution in [0.15, 0.2) is 85.5 Å². The van der Waals surface area contributed by atoms with Crippen LogP contribution in [0.4, 0.5) is 0 Å². The number of nitrogens with zero attached hydrogens (tertiary/aromatic N) is 2. The lowest BCUT2D eigenvalue weighted by Gasteiger charge is -2.22. The van der Waals surface area contributed by atoms with Gasteiger partial charge in [-0.05, 0) is 36.2 Å². The van der Waals surface area contributed by atoms with Crippen molar-refractivity contribution < 1.29 is 29.3 Å². The lowest BCUT2D eigenvalue weighted by Crippen LogP contribution is -2.42. The predicted octanol–water partition coefficient (Wildman–Crippen LogP) is 4.20. The fraction of sp³-hybridized carbons (Fsp3) is 0.276. The van der Waals surface area contributed by atoms with Gasteiger partial charge < -0.3 is 29.8 Å². The number of aliphatic hydroxyl groups is 1. The van der Waals surface area contributed by atoms with E-state index in [2.05, 4.69) is 23.6 Å². The normalized spacial score (nSPS) is 13.1. The third-order valence-electron chi connectivity index (χ3n) is 6.09. The Bertz CT molecular complexity index is 1250. The van der Waals surface area contributed by atoms with Crippen LogP contribution >= 0.6 is 0 Å². The smallest absolute Gasteiger partial charge is 0.482 e. The Morgan fingerprint density at radius 2 is 1.89 bits per heavy atom. The van der Waals surface area contributed by atoms with E-state index in [1.165, 1.54) is 6.08 Å². The molecule has 0 aliphatic heterocycles. The molecule has 4 N–H and O–H groups in total. The molecule has 200 valence electrons. The van der Waals surface area contributed by atoms with E-state index in [-0.39, 0.29) is 18.7 Å². The van der Waals surface area contributed by atoms with Crippen LogP contribution in [0.1, 0.15) is 37.1 Å². The second kappa shape index (κ2) is 13.3. The van der Waals surface area contributed by atoms with E-state index < -0.39 is 29.9 Å². The summed E-state index contributed by atoms with van der Waals surface area (Å²) < 4.78 is 12.8. The first-order valence-corrected chi connectivity index (χ1v) is 12.2. The molecule has 0 spiro atoms. The summed E-state index contributed by atoms with van der Waals surface area (Å²) in [7, 11) is 1.60. The van der Waals surface area contributed by atoms with Gasteiger partial charge in [0.25, 0.3) is 0 Å². The van der Waals surface area contributed by atoms with Crippen LogP contribution in [-0.4, -0.2) is 49.8 Å². The van der Waals surface area contributed by atoms with Crippen LogP contribution in [-0.2, 0) is 11.4 Å². The number of amides is 1. The fourth-order valence-corrected chi connectivity index (χ4v) is 3.82. The van der Waals surface area contributed by atoms with Gasteiger partial charge >= 0.3 is 5.97 Å². The number of carboxylic acids is 1. The number of carbonyl (C=O) groups excluding carboxylic acids is 1. The average molecular weight is 521 g/mol. The zero-order chi connectivity index (χ0) is 27.7. The first-order valence-electron chi connectivity index (χ1n) is 12.2. The highest BCUT2D eigenvalue weighted by molar-refractivity contribution is 5.82. The third-order valence-corrected chi connectivity index (χ3v) is 6.09. The van der Waals surface area contributed by atoms with Crippen molar-refractivity contribution in [1.29, 1.82) is 0 Å². The Labute approximate surface area is 222 Å². The molecule has 1 heterocycles. The molecule has 0 radical (unpaired) electrons. The van der Waals surface area contributed by atoms with E-state index in [0.717, 1.165) is 11.3 Å². The first kappa shape index (κ1) is 28.2. The number of carbonyl (C=O) groups is 1. The summed E-state index contributed by atoms with van der Waals surface area (Å²) in [6, 6.07) is 17.6. The number of ether oxygens (including phenoxy) is 2. The molecule has 0 bridgehead atoms. The molecular formula is C29H34N3O6+. The molecule has 0 unspecified atom stereocenters. The highest BCUT2D eigenvalue weighted by Crippen LogP contribution is 2.29. The second-order valence-electron chi connectivity index (χ2n) is 8.69. The van der Waals surface area contributed by atoms with Crippen LogP contribution < -0.4 is 14.8 Å². The summed E-state index contributed by atoms with van der Waals surface area (Å²) in [5.74, 6) is -1.33. The lowest BCUT2D eigenvalue weighted by molar-refractivity contribution is -0.127. The number of aliphatic carboxylic acids is 1. The quantitative estimate of drug-likeness (QED) is 0.216. The van der Waals surface area contributed by atoms with E-state index in [9.17, 15) is 19.8 Å². The molecule has 9 nitrogen and oxygen atoms in total. The van der Waals surface area contributed by atoms with Gasteiger partial charge in [-0.1, -0.05) is 55.5 Å². The van der Waals surface area contributed by atoms with Gasteiger partial charge in [-0.15, -0.1) is 6.58 Å². The number of aromatic nitrogens is 2. The van der Waals surface area contributed by atoms with Gasteiger partial charge in [0, 0.05) is 6.07 Å². The van der Waals surface area contributed by atoms with Gasteiger partial charge in [-0.25, -0.2) is 4.68 Å². The predicted molar refractivity (Wildman–Crippen MR) is 145 cm³/mol. The molecule has 0 saturated heterocycles. The summed E-state index contributed by atoms with van der Waals surface area (Å²) >= 11 is 0. The van der Waals surface area contributed by atoms with E-state index in [1.807, 2.05) is 61.5 Å². The minimum Gasteiger partial charge on any atom is -0.497 e. The van der Waals surface area contributed by atoms with Gasteiger partial charge in [0.05, 0.1) is 30.5 Å². The van der Waals surface area contributed by atoms with Crippen molar-refractivity contribution in [2.75, 3.05) is 7.11 Å². The molecule has 1 amide bonds. The molecule has 0 fully saturated rings. The summed E-state index contributed by atoms with van der Waals surface area (Å²) in [5.41, 5.74) is 2.44. The van der Waals surface area contributed by atoms with Crippen molar-refractivity contribution in [1.82, 2.24) is 15.1 Å². The molecule has 2 aromatic carbocycles. The van der Waals surface area contributed by atoms with Crippen molar-refractivity contribution in [3.8, 4) is 17.3 Å². The molecule has 0 saturated carbocycles. The number of para-hydroxylation sites is 1. The summed E-state index contributed by atoms with van der Waals surface area (Å²) in [5, 5.41) is 27.8. The van der Waals surface area contributed by atoms with Gasteiger partial charge in [-0.3, -0.25) is 4.79 Å². The third kappa shape index (κ3) is 7.10. The number of hydrogen-bond donors (Lipinski definition) is 3. The topological polar surface area (TPSA) is 127 Å². The zero-order valence-electron chi connectivity index (χ0n) is 21.6. The van der Waals surface area contributed by atoms with Crippen LogP contribution in [0.2, 0.25) is 0 Å². The average Bonchev–Trinajstić information content (AvgIpc) is 3.36. The number of aliphatic hydroxyl groups excluding tert-OH is 2. The maximum absolute atomic E-state index is 13.1. The lowest BCUT2D eigenvalue weighted by atomic mass is 9.96. The molecule has 3 atom stereocenters.